The normalized spacial score (nSPS) is 16.6. The smallest absolute Gasteiger partial charge is 0.253 e. The third-order valence-electron chi connectivity index (χ3n) is 5.72. The van der Waals surface area contributed by atoms with Crippen LogP contribution in [0, 0.1) is 0 Å². The Balaban J connectivity index is 1.51. The van der Waals surface area contributed by atoms with Gasteiger partial charge in [-0.25, -0.2) is 0 Å². The van der Waals surface area contributed by atoms with Gasteiger partial charge in [0.1, 0.15) is 11.3 Å². The molecular formula is C24H27N3O2. The molecule has 0 saturated carbocycles. The number of methoxy groups -OCH3 is 1. The molecule has 4 rings (SSSR count). The Hall–Kier alpha value is -2.92. The van der Waals surface area contributed by atoms with Crippen molar-refractivity contribution in [2.24, 2.45) is 0 Å². The average molecular weight is 389 g/mol. The highest BCUT2D eigenvalue weighted by Gasteiger charge is 2.18. The number of nitrogens with one attached hydrogen (secondary N) is 1. The van der Waals surface area contributed by atoms with Gasteiger partial charge in [-0.1, -0.05) is 24.3 Å². The van der Waals surface area contributed by atoms with Crippen molar-refractivity contribution in [1.29, 1.82) is 0 Å². The molecule has 1 atom stereocenters. The molecule has 5 heteroatoms. The summed E-state index contributed by atoms with van der Waals surface area (Å²) in [6.45, 7) is 2.64. The van der Waals surface area contributed by atoms with Crippen molar-refractivity contribution in [2.75, 3.05) is 27.2 Å². The Morgan fingerprint density at radius 2 is 2.03 bits per heavy atom. The second kappa shape index (κ2) is 8.62. The molecule has 0 radical (unpaired) electrons. The van der Waals surface area contributed by atoms with E-state index in [2.05, 4.69) is 22.4 Å². The summed E-state index contributed by atoms with van der Waals surface area (Å²) in [5.41, 5.74) is 3.90. The summed E-state index contributed by atoms with van der Waals surface area (Å²) >= 11 is 0. The molecule has 0 unspecified atom stereocenters. The van der Waals surface area contributed by atoms with E-state index in [-0.39, 0.29) is 5.91 Å². The molecule has 0 spiro atoms. The number of benzene rings is 2. The number of hydrogen-bond acceptors (Lipinski definition) is 4. The maximum atomic E-state index is 13.0. The monoisotopic (exact) mass is 389 g/mol. The minimum atomic E-state index is 0.0196. The van der Waals surface area contributed by atoms with E-state index < -0.39 is 0 Å². The number of carbonyl (C=O) groups excluding carboxylic acids is 1. The molecule has 1 fully saturated rings. The summed E-state index contributed by atoms with van der Waals surface area (Å²) < 4.78 is 5.42. The first-order chi connectivity index (χ1) is 14.2. The molecule has 3 aromatic rings. The van der Waals surface area contributed by atoms with Crippen molar-refractivity contribution in [2.45, 2.75) is 25.3 Å². The van der Waals surface area contributed by atoms with Gasteiger partial charge in [-0.2, -0.15) is 0 Å². The quantitative estimate of drug-likeness (QED) is 0.717. The average Bonchev–Trinajstić information content (AvgIpc) is 2.79. The Morgan fingerprint density at radius 1 is 1.21 bits per heavy atom. The molecule has 1 aliphatic rings. The van der Waals surface area contributed by atoms with Crippen LogP contribution >= 0.6 is 0 Å². The lowest BCUT2D eigenvalue weighted by molar-refractivity contribution is 0.0785. The third kappa shape index (κ3) is 4.10. The first kappa shape index (κ1) is 19.4. The van der Waals surface area contributed by atoms with Crippen LogP contribution in [-0.4, -0.2) is 43.0 Å². The minimum absolute atomic E-state index is 0.0196. The number of aromatic nitrogens is 1. The van der Waals surface area contributed by atoms with Gasteiger partial charge in [-0.15, -0.1) is 0 Å². The zero-order valence-corrected chi connectivity index (χ0v) is 17.0. The molecule has 0 aliphatic carbocycles. The van der Waals surface area contributed by atoms with E-state index in [1.165, 1.54) is 18.4 Å². The largest absolute Gasteiger partial charge is 0.494 e. The summed E-state index contributed by atoms with van der Waals surface area (Å²) in [6.07, 6.45) is 4.17. The van der Waals surface area contributed by atoms with Gasteiger partial charge in [0.15, 0.2) is 0 Å². The van der Waals surface area contributed by atoms with Crippen LogP contribution in [0.4, 0.5) is 0 Å². The van der Waals surface area contributed by atoms with Crippen LogP contribution in [0.5, 0.6) is 5.75 Å². The lowest BCUT2D eigenvalue weighted by Crippen LogP contribution is -2.28. The summed E-state index contributed by atoms with van der Waals surface area (Å²) in [5.74, 6) is 1.31. The van der Waals surface area contributed by atoms with Gasteiger partial charge in [-0.3, -0.25) is 9.78 Å². The van der Waals surface area contributed by atoms with Gasteiger partial charge < -0.3 is 15.0 Å². The van der Waals surface area contributed by atoms with E-state index in [1.54, 1.807) is 18.2 Å². The molecule has 2 aromatic carbocycles. The zero-order chi connectivity index (χ0) is 20.2. The number of pyridine rings is 1. The molecule has 1 amide bonds. The summed E-state index contributed by atoms with van der Waals surface area (Å²) in [7, 11) is 3.49. The molecular weight excluding hydrogens is 362 g/mol. The van der Waals surface area contributed by atoms with Gasteiger partial charge in [0, 0.05) is 37.3 Å². The number of ether oxygens (including phenoxy) is 1. The zero-order valence-electron chi connectivity index (χ0n) is 17.0. The van der Waals surface area contributed by atoms with Crippen molar-refractivity contribution in [3.63, 3.8) is 0 Å². The van der Waals surface area contributed by atoms with Crippen LogP contribution in [0.15, 0.2) is 54.7 Å². The first-order valence-corrected chi connectivity index (χ1v) is 10.1. The summed E-state index contributed by atoms with van der Waals surface area (Å²) in [6, 6.07) is 16.0. The fraction of sp³-hybridized carbons (Fsp3) is 0.333. The molecule has 150 valence electrons. The van der Waals surface area contributed by atoms with E-state index in [9.17, 15) is 4.79 Å². The van der Waals surface area contributed by atoms with E-state index >= 15 is 0 Å². The third-order valence-corrected chi connectivity index (χ3v) is 5.72. The van der Waals surface area contributed by atoms with Crippen LogP contribution in [0.3, 0.4) is 0 Å². The second-order valence-electron chi connectivity index (χ2n) is 7.65. The highest BCUT2D eigenvalue weighted by Crippen LogP contribution is 2.28. The standard InChI is InChI=1S/C24H27N3O2/c1-27(16-20-11-12-22(29-2)23-21(20)6-4-14-26-23)24(28)18-9-7-17(8-10-18)19-5-3-13-25-15-19/h4,6-12,14,19,25H,3,5,13,15-16H2,1-2H3/t19-/m0/s1. The van der Waals surface area contributed by atoms with Gasteiger partial charge >= 0.3 is 0 Å². The van der Waals surface area contributed by atoms with Gasteiger partial charge in [0.25, 0.3) is 5.91 Å². The van der Waals surface area contributed by atoms with Gasteiger partial charge in [0.05, 0.1) is 7.11 Å². The van der Waals surface area contributed by atoms with Crippen molar-refractivity contribution >= 4 is 16.8 Å². The van der Waals surface area contributed by atoms with Crippen LogP contribution in [0.1, 0.15) is 40.2 Å². The number of hydrogen-bond donors (Lipinski definition) is 1. The molecule has 2 heterocycles. The number of carbonyl (C=O) groups is 1. The Bertz CT molecular complexity index is 995. The molecule has 1 N–H and O–H groups in total. The van der Waals surface area contributed by atoms with Crippen LogP contribution < -0.4 is 10.1 Å². The maximum Gasteiger partial charge on any atom is 0.253 e. The minimum Gasteiger partial charge on any atom is -0.494 e. The van der Waals surface area contributed by atoms with Crippen molar-refractivity contribution in [3.05, 3.63) is 71.4 Å². The van der Waals surface area contributed by atoms with E-state index in [1.807, 2.05) is 43.4 Å². The first-order valence-electron chi connectivity index (χ1n) is 10.1. The lowest BCUT2D eigenvalue weighted by atomic mass is 9.91. The number of amides is 1. The summed E-state index contributed by atoms with van der Waals surface area (Å²) in [4.78, 5) is 19.2. The van der Waals surface area contributed by atoms with Crippen molar-refractivity contribution < 1.29 is 9.53 Å². The van der Waals surface area contributed by atoms with Crippen molar-refractivity contribution in [3.8, 4) is 5.75 Å². The number of rotatable bonds is 5. The predicted octanol–water partition coefficient (Wildman–Crippen LogP) is 3.98. The number of fused-ring (bicyclic) bond motifs is 1. The SMILES string of the molecule is COc1ccc(CN(C)C(=O)c2ccc([C@H]3CCCNC3)cc2)c2cccnc12. The summed E-state index contributed by atoms with van der Waals surface area (Å²) in [5, 5.41) is 4.46. The second-order valence-corrected chi connectivity index (χ2v) is 7.65. The highest BCUT2D eigenvalue weighted by atomic mass is 16.5. The van der Waals surface area contributed by atoms with Crippen LogP contribution in [-0.2, 0) is 6.54 Å². The topological polar surface area (TPSA) is 54.5 Å². The number of nitrogens with zero attached hydrogens (tertiary/aromatic N) is 2. The lowest BCUT2D eigenvalue weighted by Gasteiger charge is -2.23. The predicted molar refractivity (Wildman–Crippen MR) is 115 cm³/mol. The molecule has 5 nitrogen and oxygen atoms in total. The van der Waals surface area contributed by atoms with Crippen LogP contribution in [0.2, 0.25) is 0 Å². The maximum absolute atomic E-state index is 13.0. The molecule has 29 heavy (non-hydrogen) atoms. The Morgan fingerprint density at radius 3 is 2.76 bits per heavy atom. The van der Waals surface area contributed by atoms with Gasteiger partial charge in [-0.05, 0) is 60.7 Å². The molecule has 0 bridgehead atoms. The molecule has 1 aliphatic heterocycles. The highest BCUT2D eigenvalue weighted by molar-refractivity contribution is 5.94. The van der Waals surface area contributed by atoms with Gasteiger partial charge in [0.2, 0.25) is 0 Å². The Kier molecular flexibility index (Phi) is 5.76. The van der Waals surface area contributed by atoms with E-state index in [0.29, 0.717) is 12.5 Å². The Labute approximate surface area is 171 Å². The molecule has 1 saturated heterocycles. The van der Waals surface area contributed by atoms with E-state index in [0.717, 1.165) is 40.9 Å². The van der Waals surface area contributed by atoms with E-state index in [4.69, 9.17) is 4.74 Å². The fourth-order valence-electron chi connectivity index (χ4n) is 4.09. The number of piperidine rings is 1. The molecule has 1 aromatic heterocycles. The van der Waals surface area contributed by atoms with Crippen molar-refractivity contribution in [1.82, 2.24) is 15.2 Å². The van der Waals surface area contributed by atoms with Crippen LogP contribution in [0.25, 0.3) is 10.9 Å². The fourth-order valence-corrected chi connectivity index (χ4v) is 4.09.